The quantitative estimate of drug-likeness (QED) is 0.865. The van der Waals surface area contributed by atoms with Crippen molar-refractivity contribution in [3.63, 3.8) is 0 Å². The third-order valence-corrected chi connectivity index (χ3v) is 4.66. The van der Waals surface area contributed by atoms with Crippen molar-refractivity contribution in [1.29, 1.82) is 0 Å². The minimum atomic E-state index is -0.0500. The zero-order valence-electron chi connectivity index (χ0n) is 13.0. The third kappa shape index (κ3) is 3.12. The first-order valence-electron chi connectivity index (χ1n) is 8.05. The lowest BCUT2D eigenvalue weighted by atomic mass is 9.88. The lowest BCUT2D eigenvalue weighted by Crippen LogP contribution is -2.44. The summed E-state index contributed by atoms with van der Waals surface area (Å²) in [5, 5.41) is 0. The van der Waals surface area contributed by atoms with E-state index in [2.05, 4.69) is 19.9 Å². The van der Waals surface area contributed by atoms with Gasteiger partial charge in [0.2, 0.25) is 0 Å². The van der Waals surface area contributed by atoms with Crippen LogP contribution in [0, 0.1) is 0 Å². The normalized spacial score (nSPS) is 23.1. The minimum absolute atomic E-state index is 0.0500. The summed E-state index contributed by atoms with van der Waals surface area (Å²) in [6.45, 7) is 2.54. The Bertz CT molecular complexity index is 630. The molecule has 23 heavy (non-hydrogen) atoms. The second-order valence-corrected chi connectivity index (χ2v) is 6.18. The molecule has 1 unspecified atom stereocenters. The van der Waals surface area contributed by atoms with E-state index in [1.807, 2.05) is 18.3 Å². The predicted molar refractivity (Wildman–Crippen MR) is 85.4 cm³/mol. The van der Waals surface area contributed by atoms with Crippen LogP contribution in [0.15, 0.2) is 43.1 Å². The van der Waals surface area contributed by atoms with Crippen LogP contribution >= 0.6 is 0 Å². The lowest BCUT2D eigenvalue weighted by molar-refractivity contribution is -0.0163. The molecule has 4 heterocycles. The highest BCUT2D eigenvalue weighted by Crippen LogP contribution is 2.37. The molecule has 6 heteroatoms. The maximum absolute atomic E-state index is 6.14. The van der Waals surface area contributed by atoms with Gasteiger partial charge in [-0.25, -0.2) is 4.98 Å². The van der Waals surface area contributed by atoms with Crippen LogP contribution in [0.2, 0.25) is 0 Å². The summed E-state index contributed by atoms with van der Waals surface area (Å²) in [6, 6.07) is 3.83. The number of piperidine rings is 1. The number of pyridine rings is 1. The van der Waals surface area contributed by atoms with Gasteiger partial charge in [-0.15, -0.1) is 0 Å². The van der Waals surface area contributed by atoms with Crippen LogP contribution in [0.3, 0.4) is 0 Å². The van der Waals surface area contributed by atoms with E-state index in [1.165, 1.54) is 0 Å². The Morgan fingerprint density at radius 2 is 2.00 bits per heavy atom. The molecule has 120 valence electrons. The van der Waals surface area contributed by atoms with Crippen LogP contribution in [-0.4, -0.2) is 46.4 Å². The van der Waals surface area contributed by atoms with E-state index in [0.29, 0.717) is 6.61 Å². The lowest BCUT2D eigenvalue weighted by Gasteiger charge is -2.38. The molecule has 0 saturated carbocycles. The Morgan fingerprint density at radius 1 is 1.13 bits per heavy atom. The molecule has 1 atom stereocenters. The number of aromatic nitrogens is 3. The average molecular weight is 312 g/mol. The molecule has 0 aromatic carbocycles. The molecule has 0 radical (unpaired) electrons. The highest BCUT2D eigenvalue weighted by atomic mass is 16.6. The molecule has 2 saturated heterocycles. The molecule has 2 aromatic rings. The summed E-state index contributed by atoms with van der Waals surface area (Å²) in [6.07, 6.45) is 11.8. The molecule has 2 aliphatic heterocycles. The van der Waals surface area contributed by atoms with Crippen molar-refractivity contribution < 1.29 is 9.47 Å². The maximum atomic E-state index is 6.14. The molecule has 6 nitrogen and oxygen atoms in total. The fourth-order valence-electron chi connectivity index (χ4n) is 3.43. The van der Waals surface area contributed by atoms with Gasteiger partial charge < -0.3 is 14.4 Å². The van der Waals surface area contributed by atoms with Crippen molar-refractivity contribution >= 4 is 5.82 Å². The van der Waals surface area contributed by atoms with E-state index < -0.39 is 0 Å². The highest BCUT2D eigenvalue weighted by molar-refractivity contribution is 5.36. The molecule has 0 bridgehead atoms. The SMILES string of the molecule is c1cncc(OC2COC3(CCN(c4cnccn4)CC3)C2)c1. The van der Waals surface area contributed by atoms with E-state index in [9.17, 15) is 0 Å². The van der Waals surface area contributed by atoms with Crippen LogP contribution in [0.4, 0.5) is 5.82 Å². The third-order valence-electron chi connectivity index (χ3n) is 4.66. The van der Waals surface area contributed by atoms with Crippen molar-refractivity contribution in [3.8, 4) is 5.75 Å². The fourth-order valence-corrected chi connectivity index (χ4v) is 3.43. The summed E-state index contributed by atoms with van der Waals surface area (Å²) in [7, 11) is 0. The van der Waals surface area contributed by atoms with E-state index in [4.69, 9.17) is 9.47 Å². The van der Waals surface area contributed by atoms with Gasteiger partial charge in [0.1, 0.15) is 17.7 Å². The van der Waals surface area contributed by atoms with Gasteiger partial charge >= 0.3 is 0 Å². The van der Waals surface area contributed by atoms with Gasteiger partial charge in [-0.3, -0.25) is 9.97 Å². The number of ether oxygens (including phenoxy) is 2. The standard InChI is InChI=1S/C17H20N4O2/c1-2-14(11-18-5-1)23-15-10-17(22-13-15)3-8-21(9-4-17)16-12-19-6-7-20-16/h1-2,5-7,11-12,15H,3-4,8-10,13H2. The number of hydrogen-bond acceptors (Lipinski definition) is 6. The molecular formula is C17H20N4O2. The molecule has 2 fully saturated rings. The summed E-state index contributed by atoms with van der Waals surface area (Å²) < 4.78 is 12.1. The monoisotopic (exact) mass is 312 g/mol. The smallest absolute Gasteiger partial charge is 0.147 e. The second-order valence-electron chi connectivity index (χ2n) is 6.18. The van der Waals surface area contributed by atoms with Gasteiger partial charge in [0.15, 0.2) is 0 Å². The van der Waals surface area contributed by atoms with Gasteiger partial charge in [-0.05, 0) is 25.0 Å². The average Bonchev–Trinajstić information content (AvgIpc) is 2.99. The molecule has 2 aliphatic rings. The first kappa shape index (κ1) is 14.4. The van der Waals surface area contributed by atoms with E-state index in [0.717, 1.165) is 43.9 Å². The van der Waals surface area contributed by atoms with Crippen LogP contribution < -0.4 is 9.64 Å². The van der Waals surface area contributed by atoms with Crippen molar-refractivity contribution in [3.05, 3.63) is 43.1 Å². The van der Waals surface area contributed by atoms with Gasteiger partial charge in [-0.2, -0.15) is 0 Å². The highest BCUT2D eigenvalue weighted by Gasteiger charge is 2.43. The van der Waals surface area contributed by atoms with E-state index >= 15 is 0 Å². The first-order valence-corrected chi connectivity index (χ1v) is 8.05. The molecule has 0 N–H and O–H groups in total. The largest absolute Gasteiger partial charge is 0.486 e. The summed E-state index contributed by atoms with van der Waals surface area (Å²) >= 11 is 0. The van der Waals surface area contributed by atoms with Crippen molar-refractivity contribution in [2.45, 2.75) is 31.0 Å². The zero-order chi connectivity index (χ0) is 15.5. The Morgan fingerprint density at radius 3 is 2.74 bits per heavy atom. The summed E-state index contributed by atoms with van der Waals surface area (Å²) in [4.78, 5) is 14.9. The molecule has 0 aliphatic carbocycles. The topological polar surface area (TPSA) is 60.4 Å². The molecule has 2 aromatic heterocycles. The zero-order valence-corrected chi connectivity index (χ0v) is 13.0. The Balaban J connectivity index is 1.35. The summed E-state index contributed by atoms with van der Waals surface area (Å²) in [5.74, 6) is 1.76. The fraction of sp³-hybridized carbons (Fsp3) is 0.471. The van der Waals surface area contributed by atoms with Crippen molar-refractivity contribution in [2.75, 3.05) is 24.6 Å². The van der Waals surface area contributed by atoms with Gasteiger partial charge in [0.05, 0.1) is 24.6 Å². The number of nitrogens with zero attached hydrogens (tertiary/aromatic N) is 4. The Hall–Kier alpha value is -2.21. The Kier molecular flexibility index (Phi) is 3.83. The molecule has 4 rings (SSSR count). The van der Waals surface area contributed by atoms with Crippen molar-refractivity contribution in [1.82, 2.24) is 15.0 Å². The van der Waals surface area contributed by atoms with Crippen molar-refractivity contribution in [2.24, 2.45) is 0 Å². The van der Waals surface area contributed by atoms with Gasteiger partial charge in [0, 0.05) is 38.1 Å². The maximum Gasteiger partial charge on any atom is 0.147 e. The van der Waals surface area contributed by atoms with Crippen LogP contribution in [0.1, 0.15) is 19.3 Å². The van der Waals surface area contributed by atoms with Crippen LogP contribution in [0.25, 0.3) is 0 Å². The minimum Gasteiger partial charge on any atom is -0.486 e. The number of rotatable bonds is 3. The van der Waals surface area contributed by atoms with E-state index in [-0.39, 0.29) is 11.7 Å². The Labute approximate surface area is 135 Å². The summed E-state index contributed by atoms with van der Waals surface area (Å²) in [5.41, 5.74) is -0.0500. The second kappa shape index (κ2) is 6.12. The number of anilines is 1. The van der Waals surface area contributed by atoms with Gasteiger partial charge in [-0.1, -0.05) is 0 Å². The van der Waals surface area contributed by atoms with E-state index in [1.54, 1.807) is 24.8 Å². The molecule has 0 amide bonds. The number of hydrogen-bond donors (Lipinski definition) is 0. The first-order chi connectivity index (χ1) is 11.3. The van der Waals surface area contributed by atoms with Gasteiger partial charge in [0.25, 0.3) is 0 Å². The van der Waals surface area contributed by atoms with Crippen LogP contribution in [-0.2, 0) is 4.74 Å². The molecule has 1 spiro atoms. The predicted octanol–water partition coefficient (Wildman–Crippen LogP) is 2.08. The molecular weight excluding hydrogens is 292 g/mol. The van der Waals surface area contributed by atoms with Crippen LogP contribution in [0.5, 0.6) is 5.75 Å².